The number of aromatic nitrogens is 1. The molecular formula is C20H19BrN2O3. The number of ether oxygens (including phenoxy) is 1. The molecule has 3 rings (SSSR count). The van der Waals surface area contributed by atoms with Crippen molar-refractivity contribution in [1.29, 1.82) is 0 Å². The van der Waals surface area contributed by atoms with Crippen molar-refractivity contribution in [2.24, 2.45) is 0 Å². The van der Waals surface area contributed by atoms with Gasteiger partial charge in [-0.3, -0.25) is 9.59 Å². The molecule has 0 bridgehead atoms. The Morgan fingerprint density at radius 2 is 1.81 bits per heavy atom. The zero-order chi connectivity index (χ0) is 18.7. The van der Waals surface area contributed by atoms with Gasteiger partial charge in [0.05, 0.1) is 12.1 Å². The first kappa shape index (κ1) is 18.2. The first-order chi connectivity index (χ1) is 12.5. The molecule has 1 heterocycles. The number of nitrogens with zero attached hydrogens (tertiary/aromatic N) is 1. The number of benzene rings is 2. The number of aryl methyl sites for hydroxylation is 1. The van der Waals surface area contributed by atoms with Crippen molar-refractivity contribution in [2.45, 2.75) is 6.92 Å². The van der Waals surface area contributed by atoms with Crippen LogP contribution in [0.3, 0.4) is 0 Å². The molecule has 0 saturated heterocycles. The number of rotatable bonds is 6. The number of aromatic amines is 1. The number of amides is 1. The van der Waals surface area contributed by atoms with E-state index < -0.39 is 11.7 Å². The van der Waals surface area contributed by atoms with E-state index in [0.717, 1.165) is 15.4 Å². The normalized spacial score (nSPS) is 10.7. The molecule has 0 radical (unpaired) electrons. The maximum absolute atomic E-state index is 12.7. The fourth-order valence-corrected chi connectivity index (χ4v) is 3.05. The lowest BCUT2D eigenvalue weighted by atomic mass is 10.1. The summed E-state index contributed by atoms with van der Waals surface area (Å²) in [6.07, 6.45) is 0. The number of para-hydroxylation sites is 1. The van der Waals surface area contributed by atoms with Crippen molar-refractivity contribution >= 4 is 38.5 Å². The second-order valence-electron chi connectivity index (χ2n) is 6.03. The minimum absolute atomic E-state index is 0.310. The van der Waals surface area contributed by atoms with Crippen molar-refractivity contribution in [2.75, 3.05) is 20.2 Å². The smallest absolute Gasteiger partial charge is 0.294 e. The Hall–Kier alpha value is -2.60. The number of ketones is 1. The molecule has 0 atom stereocenters. The fraction of sp³-hybridized carbons (Fsp3) is 0.200. The fourth-order valence-electron chi connectivity index (χ4n) is 2.78. The average molecular weight is 415 g/mol. The third-order valence-corrected chi connectivity index (χ3v) is 4.70. The van der Waals surface area contributed by atoms with Crippen LogP contribution in [-0.2, 0) is 4.79 Å². The highest BCUT2D eigenvalue weighted by molar-refractivity contribution is 9.10. The Labute approximate surface area is 160 Å². The van der Waals surface area contributed by atoms with Gasteiger partial charge in [0.25, 0.3) is 11.7 Å². The minimum Gasteiger partial charge on any atom is -0.492 e. The number of carbonyl (C=O) groups is 2. The van der Waals surface area contributed by atoms with Crippen LogP contribution in [0.5, 0.6) is 5.75 Å². The molecule has 0 saturated carbocycles. The standard InChI is InChI=1S/C20H19BrN2O3/c1-13-18(16-5-3-4-6-17(16)22-13)19(24)20(25)23(2)11-12-26-15-9-7-14(21)8-10-15/h3-10,22H,11-12H2,1-2H3. The zero-order valence-electron chi connectivity index (χ0n) is 14.6. The van der Waals surface area contributed by atoms with Crippen LogP contribution in [0, 0.1) is 6.92 Å². The van der Waals surface area contributed by atoms with Gasteiger partial charge >= 0.3 is 0 Å². The van der Waals surface area contributed by atoms with Gasteiger partial charge in [-0.15, -0.1) is 0 Å². The Kier molecular flexibility index (Phi) is 5.42. The van der Waals surface area contributed by atoms with Gasteiger partial charge < -0.3 is 14.6 Å². The zero-order valence-corrected chi connectivity index (χ0v) is 16.2. The van der Waals surface area contributed by atoms with E-state index in [2.05, 4.69) is 20.9 Å². The van der Waals surface area contributed by atoms with E-state index in [-0.39, 0.29) is 0 Å². The molecule has 6 heteroatoms. The summed E-state index contributed by atoms with van der Waals surface area (Å²) < 4.78 is 6.58. The summed E-state index contributed by atoms with van der Waals surface area (Å²) in [5.41, 5.74) is 1.98. The number of carbonyl (C=O) groups excluding carboxylic acids is 2. The average Bonchev–Trinajstić information content (AvgIpc) is 2.97. The molecule has 0 unspecified atom stereocenters. The van der Waals surface area contributed by atoms with Gasteiger partial charge in [-0.05, 0) is 37.3 Å². The number of Topliss-reactive ketones (excluding diaryl/α,β-unsaturated/α-hetero) is 1. The number of hydrogen-bond donors (Lipinski definition) is 1. The lowest BCUT2D eigenvalue weighted by Gasteiger charge is -2.17. The summed E-state index contributed by atoms with van der Waals surface area (Å²) in [4.78, 5) is 29.8. The molecular weight excluding hydrogens is 396 g/mol. The summed E-state index contributed by atoms with van der Waals surface area (Å²) >= 11 is 3.37. The van der Waals surface area contributed by atoms with Crippen LogP contribution in [0.4, 0.5) is 0 Å². The second-order valence-corrected chi connectivity index (χ2v) is 6.94. The van der Waals surface area contributed by atoms with Gasteiger partial charge in [-0.2, -0.15) is 0 Å². The van der Waals surface area contributed by atoms with Crippen molar-refractivity contribution < 1.29 is 14.3 Å². The van der Waals surface area contributed by atoms with E-state index in [0.29, 0.717) is 30.2 Å². The van der Waals surface area contributed by atoms with E-state index in [1.54, 1.807) is 14.0 Å². The number of likely N-dealkylation sites (N-methyl/N-ethyl adjacent to an activating group) is 1. The number of halogens is 1. The van der Waals surface area contributed by atoms with Crippen LogP contribution in [-0.4, -0.2) is 41.8 Å². The summed E-state index contributed by atoms with van der Waals surface area (Å²) in [5.74, 6) is -0.337. The molecule has 26 heavy (non-hydrogen) atoms. The highest BCUT2D eigenvalue weighted by Gasteiger charge is 2.25. The van der Waals surface area contributed by atoms with Crippen LogP contribution in [0.25, 0.3) is 10.9 Å². The van der Waals surface area contributed by atoms with E-state index in [9.17, 15) is 9.59 Å². The topological polar surface area (TPSA) is 62.4 Å². The summed E-state index contributed by atoms with van der Waals surface area (Å²) in [6.45, 7) is 2.43. The first-order valence-electron chi connectivity index (χ1n) is 8.23. The maximum atomic E-state index is 12.7. The predicted octanol–water partition coefficient (Wildman–Crippen LogP) is 3.96. The third-order valence-electron chi connectivity index (χ3n) is 4.17. The predicted molar refractivity (Wildman–Crippen MR) is 105 cm³/mol. The summed E-state index contributed by atoms with van der Waals surface area (Å²) in [5, 5.41) is 0.767. The summed E-state index contributed by atoms with van der Waals surface area (Å²) in [7, 11) is 1.61. The number of H-pyrrole nitrogens is 1. The molecule has 5 nitrogen and oxygen atoms in total. The molecule has 3 aromatic rings. The van der Waals surface area contributed by atoms with Gasteiger partial charge in [0.1, 0.15) is 12.4 Å². The minimum atomic E-state index is -0.544. The molecule has 134 valence electrons. The van der Waals surface area contributed by atoms with Crippen molar-refractivity contribution in [3.63, 3.8) is 0 Å². The van der Waals surface area contributed by atoms with Gasteiger partial charge in [-0.1, -0.05) is 34.1 Å². The number of hydrogen-bond acceptors (Lipinski definition) is 3. The van der Waals surface area contributed by atoms with Gasteiger partial charge in [0, 0.05) is 28.1 Å². The lowest BCUT2D eigenvalue weighted by Crippen LogP contribution is -2.36. The van der Waals surface area contributed by atoms with Crippen LogP contribution >= 0.6 is 15.9 Å². The van der Waals surface area contributed by atoms with Crippen molar-refractivity contribution in [3.8, 4) is 5.75 Å². The molecule has 0 aliphatic carbocycles. The van der Waals surface area contributed by atoms with Gasteiger partial charge in [0.2, 0.25) is 0 Å². The molecule has 1 amide bonds. The highest BCUT2D eigenvalue weighted by Crippen LogP contribution is 2.23. The van der Waals surface area contributed by atoms with Gasteiger partial charge in [-0.25, -0.2) is 0 Å². The quantitative estimate of drug-likeness (QED) is 0.490. The van der Waals surface area contributed by atoms with Crippen LogP contribution < -0.4 is 4.74 Å². The molecule has 2 aromatic carbocycles. The maximum Gasteiger partial charge on any atom is 0.294 e. The largest absolute Gasteiger partial charge is 0.492 e. The van der Waals surface area contributed by atoms with Crippen LogP contribution in [0.15, 0.2) is 53.0 Å². The molecule has 0 fully saturated rings. The monoisotopic (exact) mass is 414 g/mol. The van der Waals surface area contributed by atoms with Gasteiger partial charge in [0.15, 0.2) is 0 Å². The van der Waals surface area contributed by atoms with E-state index >= 15 is 0 Å². The first-order valence-corrected chi connectivity index (χ1v) is 9.02. The third kappa shape index (κ3) is 3.80. The lowest BCUT2D eigenvalue weighted by molar-refractivity contribution is -0.125. The Morgan fingerprint density at radius 3 is 2.54 bits per heavy atom. The SMILES string of the molecule is Cc1[nH]c2ccccc2c1C(=O)C(=O)N(C)CCOc1ccc(Br)cc1. The molecule has 0 aliphatic rings. The Morgan fingerprint density at radius 1 is 1.12 bits per heavy atom. The number of fused-ring (bicyclic) bond motifs is 1. The Balaban J connectivity index is 1.65. The van der Waals surface area contributed by atoms with Crippen LogP contribution in [0.2, 0.25) is 0 Å². The molecule has 1 N–H and O–H groups in total. The molecule has 1 aromatic heterocycles. The van der Waals surface area contributed by atoms with Crippen LogP contribution in [0.1, 0.15) is 16.1 Å². The Bertz CT molecular complexity index is 947. The van der Waals surface area contributed by atoms with Crippen molar-refractivity contribution in [3.05, 3.63) is 64.3 Å². The molecule has 0 aliphatic heterocycles. The highest BCUT2D eigenvalue weighted by atomic mass is 79.9. The van der Waals surface area contributed by atoms with E-state index in [4.69, 9.17) is 4.74 Å². The molecule has 0 spiro atoms. The summed E-state index contributed by atoms with van der Waals surface area (Å²) in [6, 6.07) is 14.9. The second kappa shape index (κ2) is 7.74. The number of nitrogens with one attached hydrogen (secondary N) is 1. The van der Waals surface area contributed by atoms with Crippen molar-refractivity contribution in [1.82, 2.24) is 9.88 Å². The van der Waals surface area contributed by atoms with E-state index in [1.807, 2.05) is 48.5 Å². The van der Waals surface area contributed by atoms with E-state index in [1.165, 1.54) is 4.90 Å².